The molecule has 0 aromatic heterocycles. The van der Waals surface area contributed by atoms with Gasteiger partial charge in [-0.25, -0.2) is 0 Å². The van der Waals surface area contributed by atoms with Crippen LogP contribution in [0.25, 0.3) is 0 Å². The molecule has 164 valence electrons. The molecule has 31 heavy (non-hydrogen) atoms. The van der Waals surface area contributed by atoms with Crippen molar-refractivity contribution in [3.8, 4) is 0 Å². The number of anilines is 1. The molecular weight excluding hydrogens is 390 g/mol. The van der Waals surface area contributed by atoms with Gasteiger partial charge in [-0.15, -0.1) is 0 Å². The van der Waals surface area contributed by atoms with E-state index >= 15 is 0 Å². The van der Waals surface area contributed by atoms with E-state index in [-0.39, 0.29) is 24.5 Å². The number of ketones is 1. The molecule has 2 aromatic rings. The van der Waals surface area contributed by atoms with Crippen LogP contribution in [-0.4, -0.2) is 48.7 Å². The summed E-state index contributed by atoms with van der Waals surface area (Å²) < 4.78 is 0. The number of carbonyl (C=O) groups is 3. The number of nitrogens with zero attached hydrogens (tertiary/aromatic N) is 2. The van der Waals surface area contributed by atoms with E-state index in [0.29, 0.717) is 24.2 Å². The first kappa shape index (κ1) is 22.5. The van der Waals surface area contributed by atoms with Crippen molar-refractivity contribution in [2.24, 2.45) is 5.73 Å². The highest BCUT2D eigenvalue weighted by atomic mass is 16.2. The molecule has 0 atom stereocenters. The Morgan fingerprint density at radius 1 is 0.839 bits per heavy atom. The molecular formula is C25H31N3O3. The number of piperazine rings is 1. The molecule has 6 heteroatoms. The van der Waals surface area contributed by atoms with E-state index in [1.54, 1.807) is 12.1 Å². The third-order valence-electron chi connectivity index (χ3n) is 5.81. The summed E-state index contributed by atoms with van der Waals surface area (Å²) in [5, 5.41) is 0. The summed E-state index contributed by atoms with van der Waals surface area (Å²) in [4.78, 5) is 40.2. The van der Waals surface area contributed by atoms with E-state index in [1.165, 1.54) is 5.56 Å². The number of Topliss-reactive ketones (excluding diaryl/α,β-unsaturated/α-hetero) is 1. The zero-order valence-electron chi connectivity index (χ0n) is 18.2. The summed E-state index contributed by atoms with van der Waals surface area (Å²) in [6, 6.07) is 15.0. The summed E-state index contributed by atoms with van der Waals surface area (Å²) >= 11 is 0. The molecule has 1 saturated heterocycles. The third-order valence-corrected chi connectivity index (χ3v) is 5.81. The fourth-order valence-electron chi connectivity index (χ4n) is 3.81. The van der Waals surface area contributed by atoms with E-state index in [1.807, 2.05) is 41.3 Å². The summed E-state index contributed by atoms with van der Waals surface area (Å²) in [6.45, 7) is 4.84. The number of amides is 2. The zero-order valence-corrected chi connectivity index (χ0v) is 18.2. The molecule has 0 spiro atoms. The lowest BCUT2D eigenvalue weighted by molar-refractivity contribution is -0.131. The number of benzene rings is 2. The highest BCUT2D eigenvalue weighted by molar-refractivity contribution is 5.98. The molecule has 1 heterocycles. The molecule has 1 aliphatic heterocycles. The molecule has 3 rings (SSSR count). The summed E-state index contributed by atoms with van der Waals surface area (Å²) in [7, 11) is 0. The van der Waals surface area contributed by atoms with Gasteiger partial charge in [-0.2, -0.15) is 0 Å². The van der Waals surface area contributed by atoms with E-state index in [9.17, 15) is 14.4 Å². The maximum atomic E-state index is 12.6. The second-order valence-corrected chi connectivity index (χ2v) is 8.00. The van der Waals surface area contributed by atoms with Gasteiger partial charge in [0.05, 0.1) is 0 Å². The first-order valence-corrected chi connectivity index (χ1v) is 11.0. The smallest absolute Gasteiger partial charge is 0.248 e. The number of nitrogens with two attached hydrogens (primary N) is 1. The number of hydrogen-bond acceptors (Lipinski definition) is 4. The van der Waals surface area contributed by atoms with Crippen LogP contribution in [-0.2, 0) is 11.2 Å². The molecule has 0 bridgehead atoms. The second kappa shape index (κ2) is 10.8. The molecule has 0 unspecified atom stereocenters. The lowest BCUT2D eigenvalue weighted by atomic mass is 10.0. The third kappa shape index (κ3) is 6.17. The maximum Gasteiger partial charge on any atom is 0.248 e. The fourth-order valence-corrected chi connectivity index (χ4v) is 3.81. The van der Waals surface area contributed by atoms with Crippen LogP contribution in [0.15, 0.2) is 48.5 Å². The Kier molecular flexibility index (Phi) is 7.82. The Hall–Kier alpha value is -3.15. The van der Waals surface area contributed by atoms with Gasteiger partial charge < -0.3 is 15.5 Å². The van der Waals surface area contributed by atoms with Gasteiger partial charge in [0.2, 0.25) is 11.8 Å². The molecule has 2 amide bonds. The zero-order chi connectivity index (χ0) is 22.2. The van der Waals surface area contributed by atoms with Crippen molar-refractivity contribution in [1.29, 1.82) is 0 Å². The lowest BCUT2D eigenvalue weighted by Crippen LogP contribution is -2.48. The SMILES string of the molecule is CCCCc1ccc(C(=O)CCC(=O)N2CCN(c3ccc(C(N)=O)cc3)CC2)cc1. The van der Waals surface area contributed by atoms with Crippen molar-refractivity contribution in [1.82, 2.24) is 4.90 Å². The lowest BCUT2D eigenvalue weighted by Gasteiger charge is -2.36. The van der Waals surface area contributed by atoms with Crippen LogP contribution in [0.5, 0.6) is 0 Å². The van der Waals surface area contributed by atoms with Crippen LogP contribution in [0.4, 0.5) is 5.69 Å². The first-order valence-electron chi connectivity index (χ1n) is 11.0. The number of unbranched alkanes of at least 4 members (excludes halogenated alkanes) is 1. The van der Waals surface area contributed by atoms with Gasteiger partial charge in [-0.1, -0.05) is 37.6 Å². The average Bonchev–Trinajstić information content (AvgIpc) is 2.81. The van der Waals surface area contributed by atoms with Crippen LogP contribution in [0, 0.1) is 0 Å². The Morgan fingerprint density at radius 2 is 1.45 bits per heavy atom. The van der Waals surface area contributed by atoms with E-state index in [2.05, 4.69) is 11.8 Å². The number of rotatable bonds is 9. The number of primary amides is 1. The van der Waals surface area contributed by atoms with Crippen LogP contribution in [0.2, 0.25) is 0 Å². The van der Waals surface area contributed by atoms with Crippen LogP contribution < -0.4 is 10.6 Å². The average molecular weight is 422 g/mol. The van der Waals surface area contributed by atoms with Crippen molar-refractivity contribution in [2.45, 2.75) is 39.0 Å². The number of carbonyl (C=O) groups excluding carboxylic acids is 3. The van der Waals surface area contributed by atoms with Crippen LogP contribution in [0.3, 0.4) is 0 Å². The number of hydrogen-bond donors (Lipinski definition) is 1. The van der Waals surface area contributed by atoms with Crippen molar-refractivity contribution in [3.05, 3.63) is 65.2 Å². The topological polar surface area (TPSA) is 83.7 Å². The van der Waals surface area contributed by atoms with Gasteiger partial charge in [0, 0.05) is 55.8 Å². The van der Waals surface area contributed by atoms with E-state index in [4.69, 9.17) is 5.73 Å². The molecule has 2 aromatic carbocycles. The number of aryl methyl sites for hydroxylation is 1. The van der Waals surface area contributed by atoms with Gasteiger partial charge in [-0.05, 0) is 42.7 Å². The predicted molar refractivity (Wildman–Crippen MR) is 122 cm³/mol. The Morgan fingerprint density at radius 3 is 2.03 bits per heavy atom. The molecule has 1 aliphatic rings. The molecule has 1 fully saturated rings. The molecule has 2 N–H and O–H groups in total. The molecule has 0 saturated carbocycles. The summed E-state index contributed by atoms with van der Waals surface area (Å²) in [5.41, 5.74) is 8.70. The molecule has 0 radical (unpaired) electrons. The summed E-state index contributed by atoms with van der Waals surface area (Å²) in [6.07, 6.45) is 3.81. The monoisotopic (exact) mass is 421 g/mol. The quantitative estimate of drug-likeness (QED) is 0.629. The highest BCUT2D eigenvalue weighted by Gasteiger charge is 2.22. The van der Waals surface area contributed by atoms with Gasteiger partial charge in [0.15, 0.2) is 5.78 Å². The maximum absolute atomic E-state index is 12.6. The van der Waals surface area contributed by atoms with Crippen molar-refractivity contribution < 1.29 is 14.4 Å². The molecule has 6 nitrogen and oxygen atoms in total. The minimum atomic E-state index is -0.441. The Balaban J connectivity index is 1.44. The Labute approximate surface area is 184 Å². The Bertz CT molecular complexity index is 899. The van der Waals surface area contributed by atoms with Crippen LogP contribution >= 0.6 is 0 Å². The van der Waals surface area contributed by atoms with Gasteiger partial charge >= 0.3 is 0 Å². The standard InChI is InChI=1S/C25H31N3O3/c1-2-3-4-19-5-7-20(8-6-19)23(29)13-14-24(30)28-17-15-27(16-18-28)22-11-9-21(10-12-22)25(26)31/h5-12H,2-4,13-18H2,1H3,(H2,26,31). The van der Waals surface area contributed by atoms with E-state index in [0.717, 1.165) is 38.0 Å². The largest absolute Gasteiger partial charge is 0.368 e. The van der Waals surface area contributed by atoms with Gasteiger partial charge in [-0.3, -0.25) is 14.4 Å². The first-order chi connectivity index (χ1) is 15.0. The minimum absolute atomic E-state index is 0.0172. The molecule has 0 aliphatic carbocycles. The second-order valence-electron chi connectivity index (χ2n) is 8.00. The van der Waals surface area contributed by atoms with Gasteiger partial charge in [0.25, 0.3) is 0 Å². The predicted octanol–water partition coefficient (Wildman–Crippen LogP) is 3.44. The van der Waals surface area contributed by atoms with Crippen molar-refractivity contribution in [3.63, 3.8) is 0 Å². The van der Waals surface area contributed by atoms with Crippen molar-refractivity contribution >= 4 is 23.3 Å². The normalized spacial score (nSPS) is 13.8. The van der Waals surface area contributed by atoms with Crippen molar-refractivity contribution in [2.75, 3.05) is 31.1 Å². The van der Waals surface area contributed by atoms with E-state index < -0.39 is 5.91 Å². The fraction of sp³-hybridized carbons (Fsp3) is 0.400. The summed E-state index contributed by atoms with van der Waals surface area (Å²) in [5.74, 6) is -0.399. The highest BCUT2D eigenvalue weighted by Crippen LogP contribution is 2.18. The van der Waals surface area contributed by atoms with Gasteiger partial charge in [0.1, 0.15) is 0 Å². The van der Waals surface area contributed by atoms with Crippen LogP contribution in [0.1, 0.15) is 58.9 Å². The minimum Gasteiger partial charge on any atom is -0.368 e.